The SMILES string of the molecule is CCCCCCCCCCCCCCOc1ccc(CCN(C(C)=O)c2ccccc2C[n+]2csc(C)c2)cc1OC.[Br-]. The summed E-state index contributed by atoms with van der Waals surface area (Å²) in [6, 6.07) is 14.3. The van der Waals surface area contributed by atoms with Crippen LogP contribution >= 0.6 is 11.3 Å². The van der Waals surface area contributed by atoms with Crippen LogP contribution in [-0.2, 0) is 17.8 Å². The number of hydrogen-bond donors (Lipinski definition) is 0. The van der Waals surface area contributed by atoms with Crippen LogP contribution in [0, 0.1) is 6.92 Å². The van der Waals surface area contributed by atoms with E-state index in [1.54, 1.807) is 25.4 Å². The van der Waals surface area contributed by atoms with Gasteiger partial charge < -0.3 is 31.4 Å². The van der Waals surface area contributed by atoms with E-state index in [0.717, 1.165) is 47.7 Å². The first-order valence-corrected chi connectivity index (χ1v) is 17.0. The summed E-state index contributed by atoms with van der Waals surface area (Å²) < 4.78 is 13.9. The van der Waals surface area contributed by atoms with Crippen LogP contribution in [0.25, 0.3) is 0 Å². The predicted molar refractivity (Wildman–Crippen MR) is 176 cm³/mol. The third kappa shape index (κ3) is 13.4. The summed E-state index contributed by atoms with van der Waals surface area (Å²) in [6.45, 7) is 8.08. The molecule has 1 heterocycles. The molecule has 0 radical (unpaired) electrons. The van der Waals surface area contributed by atoms with Gasteiger partial charge in [-0.2, -0.15) is 4.57 Å². The fourth-order valence-corrected chi connectivity index (χ4v) is 6.07. The molecule has 0 aliphatic heterocycles. The zero-order valence-corrected chi connectivity index (χ0v) is 29.3. The molecule has 0 unspecified atom stereocenters. The van der Waals surface area contributed by atoms with E-state index in [1.807, 2.05) is 35.2 Å². The number of benzene rings is 2. The number of ether oxygens (including phenoxy) is 2. The van der Waals surface area contributed by atoms with Gasteiger partial charge in [-0.05, 0) is 43.5 Å². The van der Waals surface area contributed by atoms with Crippen LogP contribution < -0.4 is 35.9 Å². The molecule has 3 aromatic rings. The molecule has 0 bridgehead atoms. The van der Waals surface area contributed by atoms with E-state index >= 15 is 0 Å². The Morgan fingerprint density at radius 1 is 0.884 bits per heavy atom. The van der Waals surface area contributed by atoms with Crippen molar-refractivity contribution in [1.29, 1.82) is 0 Å². The first-order chi connectivity index (χ1) is 20.5. The minimum atomic E-state index is 0. The molecular weight excluding hydrogens is 620 g/mol. The van der Waals surface area contributed by atoms with Gasteiger partial charge in [-0.3, -0.25) is 4.79 Å². The molecule has 0 atom stereocenters. The van der Waals surface area contributed by atoms with E-state index in [0.29, 0.717) is 13.2 Å². The maximum Gasteiger partial charge on any atom is 0.225 e. The highest BCUT2D eigenvalue weighted by atomic mass is 79.9. The molecule has 1 amide bonds. The van der Waals surface area contributed by atoms with Crippen LogP contribution in [0.4, 0.5) is 5.69 Å². The second-order valence-electron chi connectivity index (χ2n) is 11.4. The van der Waals surface area contributed by atoms with Gasteiger partial charge in [-0.25, -0.2) is 0 Å². The van der Waals surface area contributed by atoms with Gasteiger partial charge in [0.05, 0.1) is 24.3 Å². The molecule has 0 saturated heterocycles. The number of aryl methyl sites for hydroxylation is 1. The standard InChI is InChI=1S/C36H53N2O3S.BrH/c1-5-6-7-8-9-10-11-12-13-14-15-18-25-41-35-22-21-32(26-36(35)40-4)23-24-38(31(3)39)34-20-17-16-19-33(34)28-37-27-30(2)42-29-37;/h16-17,19-22,26-27,29H,5-15,18,23-25,28H2,1-4H3;1H/q+1;/p-1. The van der Waals surface area contributed by atoms with Gasteiger partial charge in [0.25, 0.3) is 0 Å². The lowest BCUT2D eigenvalue weighted by Gasteiger charge is -2.23. The highest BCUT2D eigenvalue weighted by molar-refractivity contribution is 7.09. The third-order valence-corrected chi connectivity index (χ3v) is 8.70. The van der Waals surface area contributed by atoms with Crippen LogP contribution in [0.3, 0.4) is 0 Å². The van der Waals surface area contributed by atoms with E-state index in [9.17, 15) is 4.79 Å². The number of unbranched alkanes of at least 4 members (excludes halogenated alkanes) is 11. The maximum atomic E-state index is 12.7. The van der Waals surface area contributed by atoms with Crippen LogP contribution in [0.1, 0.15) is 107 Å². The third-order valence-electron chi connectivity index (χ3n) is 7.84. The quantitative estimate of drug-likeness (QED) is 0.102. The Labute approximate surface area is 275 Å². The summed E-state index contributed by atoms with van der Waals surface area (Å²) in [4.78, 5) is 15.9. The molecule has 0 saturated carbocycles. The fraction of sp³-hybridized carbons (Fsp3) is 0.556. The molecule has 0 spiro atoms. The Morgan fingerprint density at radius 2 is 1.53 bits per heavy atom. The second kappa shape index (κ2) is 21.3. The summed E-state index contributed by atoms with van der Waals surface area (Å²) in [5, 5.41) is 0. The van der Waals surface area contributed by atoms with E-state index in [2.05, 4.69) is 42.3 Å². The van der Waals surface area contributed by atoms with Gasteiger partial charge in [0.15, 0.2) is 24.2 Å². The molecule has 7 heteroatoms. The average molecular weight is 674 g/mol. The number of rotatable bonds is 21. The van der Waals surface area contributed by atoms with Crippen molar-refractivity contribution in [2.45, 2.75) is 111 Å². The molecule has 0 aliphatic rings. The van der Waals surface area contributed by atoms with Crippen molar-refractivity contribution in [3.05, 3.63) is 70.2 Å². The zero-order valence-electron chi connectivity index (χ0n) is 26.9. The normalized spacial score (nSPS) is 10.8. The molecular formula is C36H53BrN2O3S. The van der Waals surface area contributed by atoms with E-state index in [-0.39, 0.29) is 22.9 Å². The van der Waals surface area contributed by atoms with E-state index < -0.39 is 0 Å². The minimum absolute atomic E-state index is 0. The monoisotopic (exact) mass is 672 g/mol. The van der Waals surface area contributed by atoms with Crippen molar-refractivity contribution in [1.82, 2.24) is 0 Å². The van der Waals surface area contributed by atoms with Crippen molar-refractivity contribution in [2.75, 3.05) is 25.2 Å². The Balaban J connectivity index is 0.00000645. The van der Waals surface area contributed by atoms with Crippen LogP contribution in [0.2, 0.25) is 0 Å². The number of thiazole rings is 1. The van der Waals surface area contributed by atoms with Gasteiger partial charge >= 0.3 is 0 Å². The van der Waals surface area contributed by atoms with Gasteiger partial charge in [0, 0.05) is 19.0 Å². The Morgan fingerprint density at radius 3 is 2.14 bits per heavy atom. The number of carbonyl (C=O) groups is 1. The van der Waals surface area contributed by atoms with Crippen molar-refractivity contribution in [3.63, 3.8) is 0 Å². The molecule has 2 aromatic carbocycles. The second-order valence-corrected chi connectivity index (χ2v) is 12.5. The summed E-state index contributed by atoms with van der Waals surface area (Å²) >= 11 is 1.73. The van der Waals surface area contributed by atoms with Crippen molar-refractivity contribution < 1.29 is 35.8 Å². The number of carbonyl (C=O) groups excluding carboxylic acids is 1. The molecule has 1 aromatic heterocycles. The van der Waals surface area contributed by atoms with Gasteiger partial charge in [-0.1, -0.05) is 113 Å². The molecule has 0 N–H and O–H groups in total. The summed E-state index contributed by atoms with van der Waals surface area (Å²) in [6.07, 6.45) is 18.9. The van der Waals surface area contributed by atoms with Crippen LogP contribution in [0.15, 0.2) is 54.2 Å². The number of anilines is 1. The van der Waals surface area contributed by atoms with Crippen LogP contribution in [-0.4, -0.2) is 26.2 Å². The fourth-order valence-electron chi connectivity index (χ4n) is 5.43. The lowest BCUT2D eigenvalue weighted by atomic mass is 10.1. The molecule has 0 fully saturated rings. The number of methoxy groups -OCH3 is 1. The molecule has 5 nitrogen and oxygen atoms in total. The molecule has 3 rings (SSSR count). The first kappa shape index (κ1) is 36.8. The predicted octanol–water partition coefficient (Wildman–Crippen LogP) is 6.08. The topological polar surface area (TPSA) is 42.7 Å². The Hall–Kier alpha value is -2.38. The van der Waals surface area contributed by atoms with Gasteiger partial charge in [-0.15, -0.1) is 0 Å². The highest BCUT2D eigenvalue weighted by Crippen LogP contribution is 2.29. The lowest BCUT2D eigenvalue weighted by molar-refractivity contribution is -0.683. The van der Waals surface area contributed by atoms with Crippen molar-refractivity contribution in [3.8, 4) is 11.5 Å². The van der Waals surface area contributed by atoms with E-state index in [1.165, 1.54) is 75.5 Å². The number of para-hydroxylation sites is 1. The van der Waals surface area contributed by atoms with Crippen LogP contribution in [0.5, 0.6) is 11.5 Å². The van der Waals surface area contributed by atoms with Crippen molar-refractivity contribution >= 4 is 22.9 Å². The summed E-state index contributed by atoms with van der Waals surface area (Å²) in [7, 11) is 1.69. The Kier molecular flexibility index (Phi) is 18.3. The number of hydrogen-bond acceptors (Lipinski definition) is 4. The largest absolute Gasteiger partial charge is 1.00 e. The molecule has 43 heavy (non-hydrogen) atoms. The van der Waals surface area contributed by atoms with E-state index in [4.69, 9.17) is 9.47 Å². The smallest absolute Gasteiger partial charge is 0.225 e. The number of nitrogens with zero attached hydrogens (tertiary/aromatic N) is 2. The molecule has 238 valence electrons. The number of amides is 1. The van der Waals surface area contributed by atoms with Gasteiger partial charge in [0.1, 0.15) is 0 Å². The zero-order chi connectivity index (χ0) is 30.0. The molecule has 0 aliphatic carbocycles. The maximum absolute atomic E-state index is 12.7. The number of halogens is 1. The average Bonchev–Trinajstić information content (AvgIpc) is 3.40. The summed E-state index contributed by atoms with van der Waals surface area (Å²) in [5.41, 5.74) is 5.35. The highest BCUT2D eigenvalue weighted by Gasteiger charge is 2.18. The first-order valence-electron chi connectivity index (χ1n) is 16.1. The Bertz CT molecular complexity index is 1200. The van der Waals surface area contributed by atoms with Crippen molar-refractivity contribution in [2.24, 2.45) is 0 Å². The minimum Gasteiger partial charge on any atom is -1.00 e. The summed E-state index contributed by atoms with van der Waals surface area (Å²) in [5.74, 6) is 1.59. The number of aromatic nitrogens is 1. The lowest BCUT2D eigenvalue weighted by Crippen LogP contribution is -3.00. The van der Waals surface area contributed by atoms with Gasteiger partial charge in [0.2, 0.25) is 11.4 Å².